The summed E-state index contributed by atoms with van der Waals surface area (Å²) in [7, 11) is 0. The topological polar surface area (TPSA) is 159 Å². The van der Waals surface area contributed by atoms with E-state index >= 15 is 0 Å². The Morgan fingerprint density at radius 2 is 1.92 bits per heavy atom. The second-order valence-corrected chi connectivity index (χ2v) is 11.4. The number of epoxide rings is 2. The molecule has 2 saturated heterocycles. The first-order valence-corrected chi connectivity index (χ1v) is 13.7. The van der Waals surface area contributed by atoms with Crippen LogP contribution in [0.15, 0.2) is 36.0 Å². The van der Waals surface area contributed by atoms with Gasteiger partial charge >= 0.3 is 11.9 Å². The first-order chi connectivity index (χ1) is 18.2. The molecule has 0 amide bonds. The Morgan fingerprint density at radius 1 is 1.23 bits per heavy atom. The van der Waals surface area contributed by atoms with Gasteiger partial charge in [0.2, 0.25) is 5.79 Å². The number of carbonyl (C=O) groups excluding carboxylic acids is 2. The molecule has 0 bridgehead atoms. The van der Waals surface area contributed by atoms with E-state index in [1.54, 1.807) is 13.0 Å². The molecule has 10 heteroatoms. The van der Waals surface area contributed by atoms with Gasteiger partial charge in [0.15, 0.2) is 6.10 Å². The van der Waals surface area contributed by atoms with Gasteiger partial charge in [-0.3, -0.25) is 9.59 Å². The summed E-state index contributed by atoms with van der Waals surface area (Å²) in [5, 5.41) is 40.8. The third kappa shape index (κ3) is 8.45. The highest BCUT2D eigenvalue weighted by Gasteiger charge is 2.62. The van der Waals surface area contributed by atoms with Crippen LogP contribution in [-0.4, -0.2) is 87.0 Å². The van der Waals surface area contributed by atoms with Crippen molar-refractivity contribution in [1.29, 1.82) is 0 Å². The van der Waals surface area contributed by atoms with Gasteiger partial charge in [-0.05, 0) is 37.8 Å². The quantitative estimate of drug-likeness (QED) is 0.144. The smallest absolute Gasteiger partial charge is 0.309 e. The van der Waals surface area contributed by atoms with Gasteiger partial charge in [0.1, 0.15) is 12.2 Å². The van der Waals surface area contributed by atoms with E-state index in [0.717, 1.165) is 12.0 Å². The highest BCUT2D eigenvalue weighted by atomic mass is 16.8. The Balaban J connectivity index is 1.66. The van der Waals surface area contributed by atoms with E-state index < -0.39 is 54.3 Å². The molecule has 3 aliphatic rings. The summed E-state index contributed by atoms with van der Waals surface area (Å²) >= 11 is 0. The molecule has 220 valence electrons. The van der Waals surface area contributed by atoms with E-state index in [1.807, 2.05) is 39.0 Å². The second kappa shape index (κ2) is 13.1. The van der Waals surface area contributed by atoms with E-state index in [4.69, 9.17) is 18.9 Å². The zero-order chi connectivity index (χ0) is 29.1. The molecule has 3 heterocycles. The number of rotatable bonds is 9. The average molecular weight is 553 g/mol. The summed E-state index contributed by atoms with van der Waals surface area (Å²) in [6.07, 6.45) is 4.29. The molecule has 12 atom stereocenters. The van der Waals surface area contributed by atoms with Crippen LogP contribution in [-0.2, 0) is 28.5 Å². The van der Waals surface area contributed by atoms with Crippen molar-refractivity contribution in [3.05, 3.63) is 36.0 Å². The Hall–Kier alpha value is -2.08. The average Bonchev–Trinajstić information content (AvgIpc) is 3.74. The second-order valence-electron chi connectivity index (χ2n) is 11.4. The van der Waals surface area contributed by atoms with Gasteiger partial charge in [-0.15, -0.1) is 0 Å². The lowest BCUT2D eigenvalue weighted by atomic mass is 9.92. The van der Waals surface area contributed by atoms with Gasteiger partial charge in [-0.1, -0.05) is 45.1 Å². The lowest BCUT2D eigenvalue weighted by Crippen LogP contribution is -2.36. The molecule has 0 aromatic rings. The normalized spacial score (nSPS) is 39.3. The predicted octanol–water partition coefficient (Wildman–Crippen LogP) is 1.94. The van der Waals surface area contributed by atoms with Crippen molar-refractivity contribution in [1.82, 2.24) is 0 Å². The zero-order valence-electron chi connectivity index (χ0n) is 23.6. The Morgan fingerprint density at radius 3 is 2.56 bits per heavy atom. The van der Waals surface area contributed by atoms with Crippen LogP contribution in [0.5, 0.6) is 0 Å². The minimum Gasteiger partial charge on any atom is -0.457 e. The van der Waals surface area contributed by atoms with E-state index in [-0.39, 0.29) is 42.8 Å². The van der Waals surface area contributed by atoms with E-state index in [1.165, 1.54) is 13.0 Å². The zero-order valence-corrected chi connectivity index (χ0v) is 23.6. The molecule has 4 N–H and O–H groups in total. The van der Waals surface area contributed by atoms with Crippen LogP contribution in [0.4, 0.5) is 0 Å². The maximum atomic E-state index is 12.6. The van der Waals surface area contributed by atoms with Crippen molar-refractivity contribution >= 4 is 11.9 Å². The number of esters is 2. The summed E-state index contributed by atoms with van der Waals surface area (Å²) in [5.74, 6) is -3.21. The Kier molecular flexibility index (Phi) is 10.5. The van der Waals surface area contributed by atoms with Gasteiger partial charge in [0.25, 0.3) is 0 Å². The third-order valence-corrected chi connectivity index (χ3v) is 7.67. The van der Waals surface area contributed by atoms with Crippen molar-refractivity contribution in [3.63, 3.8) is 0 Å². The molecule has 10 nitrogen and oxygen atoms in total. The summed E-state index contributed by atoms with van der Waals surface area (Å²) in [5.41, 5.74) is 0.771. The number of ether oxygens (including phenoxy) is 4. The molecular weight excluding hydrogens is 508 g/mol. The van der Waals surface area contributed by atoms with Crippen LogP contribution in [0, 0.1) is 17.8 Å². The van der Waals surface area contributed by atoms with Crippen molar-refractivity contribution < 1.29 is 49.0 Å². The van der Waals surface area contributed by atoms with Crippen LogP contribution < -0.4 is 0 Å². The van der Waals surface area contributed by atoms with E-state index in [2.05, 4.69) is 6.92 Å². The Bertz CT molecular complexity index is 958. The van der Waals surface area contributed by atoms with Crippen LogP contribution >= 0.6 is 0 Å². The van der Waals surface area contributed by atoms with Gasteiger partial charge in [0.05, 0.1) is 36.9 Å². The van der Waals surface area contributed by atoms with Gasteiger partial charge < -0.3 is 39.4 Å². The summed E-state index contributed by atoms with van der Waals surface area (Å²) < 4.78 is 22.1. The molecule has 2 fully saturated rings. The van der Waals surface area contributed by atoms with Crippen LogP contribution in [0.25, 0.3) is 0 Å². The first kappa shape index (κ1) is 31.4. The maximum absolute atomic E-state index is 12.6. The molecule has 0 radical (unpaired) electrons. The van der Waals surface area contributed by atoms with Crippen LogP contribution in [0.2, 0.25) is 0 Å². The Labute approximate surface area is 230 Å². The number of hydrogen-bond donors (Lipinski definition) is 4. The van der Waals surface area contributed by atoms with Crippen LogP contribution in [0.1, 0.15) is 60.8 Å². The monoisotopic (exact) mass is 552 g/mol. The van der Waals surface area contributed by atoms with Crippen molar-refractivity contribution in [2.24, 2.45) is 17.8 Å². The van der Waals surface area contributed by atoms with Gasteiger partial charge in [0, 0.05) is 25.2 Å². The molecule has 0 saturated carbocycles. The van der Waals surface area contributed by atoms with Crippen molar-refractivity contribution in [2.45, 2.75) is 115 Å². The lowest BCUT2D eigenvalue weighted by Gasteiger charge is -2.25. The predicted molar refractivity (Wildman–Crippen MR) is 141 cm³/mol. The fraction of sp³-hybridized carbons (Fsp3) is 0.724. The number of allylic oxidation sites excluding steroid dienone is 3. The summed E-state index contributed by atoms with van der Waals surface area (Å²) in [6.45, 7) is 10.4. The van der Waals surface area contributed by atoms with E-state index in [9.17, 15) is 30.0 Å². The number of aliphatic hydroxyl groups is 4. The lowest BCUT2D eigenvalue weighted by molar-refractivity contribution is -0.156. The minimum absolute atomic E-state index is 0.00476. The third-order valence-electron chi connectivity index (χ3n) is 7.67. The first-order valence-electron chi connectivity index (χ1n) is 13.7. The fourth-order valence-electron chi connectivity index (χ4n) is 5.19. The van der Waals surface area contributed by atoms with E-state index in [0.29, 0.717) is 0 Å². The maximum Gasteiger partial charge on any atom is 0.309 e. The van der Waals surface area contributed by atoms with Gasteiger partial charge in [-0.2, -0.15) is 0 Å². The molecule has 0 aromatic heterocycles. The molecule has 3 aliphatic heterocycles. The van der Waals surface area contributed by atoms with Gasteiger partial charge in [-0.25, -0.2) is 0 Å². The minimum atomic E-state index is -1.75. The van der Waals surface area contributed by atoms with Crippen LogP contribution in [0.3, 0.4) is 0 Å². The van der Waals surface area contributed by atoms with Crippen molar-refractivity contribution in [2.75, 3.05) is 0 Å². The highest BCUT2D eigenvalue weighted by Crippen LogP contribution is 2.43. The molecule has 0 aromatic carbocycles. The van der Waals surface area contributed by atoms with Crippen molar-refractivity contribution in [3.8, 4) is 0 Å². The summed E-state index contributed by atoms with van der Waals surface area (Å²) in [6, 6.07) is 0. The molecule has 12 unspecified atom stereocenters. The molecule has 39 heavy (non-hydrogen) atoms. The molecule has 3 rings (SSSR count). The molecule has 0 spiro atoms. The summed E-state index contributed by atoms with van der Waals surface area (Å²) in [4.78, 5) is 24.2. The fourth-order valence-corrected chi connectivity index (χ4v) is 5.19. The standard InChI is InChI=1S/C29H44O10/c1-15(12-22-28(37-22)18(4)26(34)19(5)30)8-7-9-16(2)27-17(3)10-11-23(36-20(6)31)29(35)24(39-29)13-21(32)14-25(33)38-27/h7-11,15,17-19,21-24,26-28,30,32,34-35H,12-14H2,1-6H3/b8-7+,11-10+,16-9+. The number of hydrogen-bond acceptors (Lipinski definition) is 10. The number of cyclic esters (lactones) is 1. The number of fused-ring (bicyclic) bond motifs is 1. The highest BCUT2D eigenvalue weighted by molar-refractivity contribution is 5.70. The number of carbonyl (C=O) groups is 2. The SMILES string of the molecule is CC(=O)OC1/C=C/C(C)C(/C(C)=C/C=C/C(C)CC2OC2C(C)C(O)C(C)O)OC(=O)CC(O)CC2OC12O. The molecular formula is C29H44O10. The molecule has 0 aliphatic carbocycles. The number of aliphatic hydroxyl groups excluding tert-OH is 3. The largest absolute Gasteiger partial charge is 0.457 e.